The number of pyridine rings is 3. The van der Waals surface area contributed by atoms with Gasteiger partial charge in [0, 0.05) is 93.0 Å². The second-order valence-electron chi connectivity index (χ2n) is 26.8. The first-order valence-electron chi connectivity index (χ1n) is 37.0. The molecule has 0 bridgehead atoms. The van der Waals surface area contributed by atoms with E-state index in [1.54, 1.807) is 6.07 Å². The number of rotatable bonds is 7. The lowest BCUT2D eigenvalue weighted by Crippen LogP contribution is -2.30. The van der Waals surface area contributed by atoms with E-state index in [0.717, 1.165) is 176 Å². The first kappa shape index (κ1) is 53.3. The van der Waals surface area contributed by atoms with Crippen LogP contribution in [0.25, 0.3) is 164 Å². The minimum atomic E-state index is -2.42. The van der Waals surface area contributed by atoms with E-state index in [1.165, 1.54) is 23.1 Å². The summed E-state index contributed by atoms with van der Waals surface area (Å²) in [6.07, 6.45) is 4.77. The molecule has 0 spiro atoms. The first-order chi connectivity index (χ1) is 49.7. The van der Waals surface area contributed by atoms with Gasteiger partial charge in [0.25, 0.3) is 0 Å². The van der Waals surface area contributed by atoms with Crippen LogP contribution in [0.15, 0.2) is 250 Å². The van der Waals surface area contributed by atoms with E-state index in [1.807, 2.05) is 83.4 Å². The van der Waals surface area contributed by atoms with Crippen LogP contribution in [0.5, 0.6) is 0 Å². The Morgan fingerprint density at radius 3 is 1.01 bits per heavy atom. The fourth-order valence-electron chi connectivity index (χ4n) is 15.0. The molecule has 0 amide bonds. The van der Waals surface area contributed by atoms with E-state index in [0.29, 0.717) is 5.56 Å². The van der Waals surface area contributed by atoms with Gasteiger partial charge in [-0.2, -0.15) is 0 Å². The number of furan rings is 3. The second-order valence-corrected chi connectivity index (χ2v) is 26.8. The third-order valence-electron chi connectivity index (χ3n) is 20.0. The predicted molar refractivity (Wildman–Crippen MR) is 407 cm³/mol. The molecule has 0 N–H and O–H groups in total. The van der Waals surface area contributed by atoms with Crippen LogP contribution in [0.3, 0.4) is 0 Å². The fourth-order valence-corrected chi connectivity index (χ4v) is 15.0. The van der Waals surface area contributed by atoms with Gasteiger partial charge in [-0.25, -0.2) is 13.7 Å². The third-order valence-corrected chi connectivity index (χ3v) is 20.0. The van der Waals surface area contributed by atoms with Crippen LogP contribution in [-0.2, 0) is 27.5 Å². The van der Waals surface area contributed by atoms with Crippen LogP contribution >= 0.6 is 0 Å². The van der Waals surface area contributed by atoms with Crippen LogP contribution in [0.1, 0.15) is 96.2 Å². The molecule has 0 fully saturated rings. The van der Waals surface area contributed by atoms with Gasteiger partial charge in [-0.1, -0.05) is 169 Å². The van der Waals surface area contributed by atoms with Crippen molar-refractivity contribution in [3.8, 4) is 33.8 Å². The van der Waals surface area contributed by atoms with Crippen LogP contribution in [0, 0.1) is 26.7 Å². The van der Waals surface area contributed by atoms with Gasteiger partial charge in [-0.3, -0.25) is 0 Å². The molecule has 18 rings (SSSR count). The molecule has 1 atom stereocenters. The zero-order chi connectivity index (χ0) is 72.8. The molecular weight excluding hydrogens is 1180 g/mol. The van der Waals surface area contributed by atoms with Gasteiger partial charge in [-0.15, -0.1) is 0 Å². The third kappa shape index (κ3) is 10.4. The van der Waals surface area contributed by atoms with Gasteiger partial charge < -0.3 is 13.3 Å². The number of fused-ring (bicyclic) bond motifs is 18. The molecule has 0 aliphatic rings. The van der Waals surface area contributed by atoms with E-state index < -0.39 is 25.0 Å². The Kier molecular flexibility index (Phi) is 13.2. The van der Waals surface area contributed by atoms with Gasteiger partial charge in [0.2, 0.25) is 17.1 Å². The Hall–Kier alpha value is -11.0. The van der Waals surface area contributed by atoms with Crippen molar-refractivity contribution in [1.82, 2.24) is 0 Å². The number of nitrogens with zero attached hydrogens (tertiary/aromatic N) is 3. The van der Waals surface area contributed by atoms with E-state index in [2.05, 4.69) is 231 Å². The summed E-state index contributed by atoms with van der Waals surface area (Å²) in [5.41, 5.74) is 17.6. The van der Waals surface area contributed by atoms with Crippen molar-refractivity contribution in [1.29, 1.82) is 0 Å². The molecule has 474 valence electrons. The van der Waals surface area contributed by atoms with Gasteiger partial charge in [-0.05, 0) is 167 Å². The number of aromatic nitrogens is 3. The zero-order valence-corrected chi connectivity index (χ0v) is 56.7. The minimum absolute atomic E-state index is 0.104. The van der Waals surface area contributed by atoms with E-state index in [4.69, 9.17) is 22.8 Å². The maximum Gasteiger partial charge on any atom is 0.220 e. The molecule has 0 radical (unpaired) electrons. The van der Waals surface area contributed by atoms with Gasteiger partial charge in [0.05, 0.1) is 32.8 Å². The number of hydrogen-bond acceptors (Lipinski definition) is 3. The Labute approximate surface area is 575 Å². The fraction of sp³-hybridized carbons (Fsp3) is 0.176. The van der Waals surface area contributed by atoms with Gasteiger partial charge in [0.15, 0.2) is 18.6 Å². The van der Waals surface area contributed by atoms with Crippen LogP contribution < -0.4 is 13.7 Å². The topological polar surface area (TPSA) is 51.1 Å². The van der Waals surface area contributed by atoms with Crippen molar-refractivity contribution in [2.75, 3.05) is 0 Å². The molecule has 18 aromatic rings. The average Bonchev–Trinajstić information content (AvgIpc) is 1.49. The van der Waals surface area contributed by atoms with E-state index in [9.17, 15) is 0 Å². The normalized spacial score (nSPS) is 14.1. The number of hydrogen-bond donors (Lipinski definition) is 0. The van der Waals surface area contributed by atoms with Crippen molar-refractivity contribution in [3.63, 3.8) is 0 Å². The van der Waals surface area contributed by atoms with E-state index >= 15 is 0 Å². The summed E-state index contributed by atoms with van der Waals surface area (Å²) in [5.74, 6) is -2.42. The van der Waals surface area contributed by atoms with Gasteiger partial charge in [0.1, 0.15) is 54.6 Å². The van der Waals surface area contributed by atoms with Crippen molar-refractivity contribution >= 4 is 130 Å². The average molecular weight is 1270 g/mol. The van der Waals surface area contributed by atoms with Crippen LogP contribution in [0.4, 0.5) is 0 Å². The van der Waals surface area contributed by atoms with Crippen molar-refractivity contribution in [2.24, 2.45) is 27.1 Å². The summed E-state index contributed by atoms with van der Waals surface area (Å²) >= 11 is 0. The number of aryl methyl sites for hydroxylation is 6. The Morgan fingerprint density at radius 1 is 0.330 bits per heavy atom. The Morgan fingerprint density at radius 2 is 0.649 bits per heavy atom. The predicted octanol–water partition coefficient (Wildman–Crippen LogP) is 23.5. The van der Waals surface area contributed by atoms with Crippen molar-refractivity contribution in [3.05, 3.63) is 270 Å². The summed E-state index contributed by atoms with van der Waals surface area (Å²) in [6, 6.07) is 75.1. The molecule has 0 saturated carbocycles. The molecule has 12 aromatic carbocycles. The highest BCUT2D eigenvalue weighted by molar-refractivity contribution is 6.19. The number of benzene rings is 12. The molecule has 6 heterocycles. The summed E-state index contributed by atoms with van der Waals surface area (Å²) in [6.45, 7) is 13.1. The quantitative estimate of drug-likeness (QED) is 0.149. The van der Waals surface area contributed by atoms with Crippen LogP contribution in [0.2, 0.25) is 0 Å². The Bertz CT molecular complexity index is 6590. The Balaban J connectivity index is 0.000000120. The maximum atomic E-state index is 8.54. The summed E-state index contributed by atoms with van der Waals surface area (Å²) < 4.78 is 83.5. The zero-order valence-electron chi connectivity index (χ0n) is 63.7. The highest BCUT2D eigenvalue weighted by atomic mass is 16.3. The molecule has 97 heavy (non-hydrogen) atoms. The lowest BCUT2D eigenvalue weighted by molar-refractivity contribution is -0.659. The van der Waals surface area contributed by atoms with Gasteiger partial charge >= 0.3 is 0 Å². The second kappa shape index (κ2) is 24.1. The summed E-state index contributed by atoms with van der Waals surface area (Å²) in [7, 11) is 6.16. The maximum absolute atomic E-state index is 8.54. The minimum Gasteiger partial charge on any atom is -0.455 e. The van der Waals surface area contributed by atoms with E-state index in [-0.39, 0.29) is 5.92 Å². The molecule has 6 heteroatoms. The smallest absolute Gasteiger partial charge is 0.220 e. The molecule has 0 saturated heterocycles. The molecule has 0 aliphatic heterocycles. The summed E-state index contributed by atoms with van der Waals surface area (Å²) in [4.78, 5) is 0. The highest BCUT2D eigenvalue weighted by Crippen LogP contribution is 2.44. The largest absolute Gasteiger partial charge is 0.455 e. The van der Waals surface area contributed by atoms with Crippen molar-refractivity contribution in [2.45, 2.75) is 80.4 Å². The molecule has 6 nitrogen and oxygen atoms in total. The van der Waals surface area contributed by atoms with Crippen LogP contribution in [-0.4, -0.2) is 0 Å². The lowest BCUT2D eigenvalue weighted by Gasteiger charge is -2.11. The molecule has 6 aromatic heterocycles. The summed E-state index contributed by atoms with van der Waals surface area (Å²) in [5, 5.41) is 20.0. The lowest BCUT2D eigenvalue weighted by atomic mass is 9.94. The standard InChI is InChI=1S/C31H28NO.2C30H26NO/c1-19(2)17-21-9-11-25-23(18-21)15-16-32(4)29(25)24-13-14-27-28-12-10-22-7-5-6-8-26(22)31(28)33-30(27)20(24)3;2*1-18(2)21-10-11-24-22(17-21)15-16-31(4)28(24)23-13-14-26-27-12-9-20-7-5-6-8-25(20)30(27)32-29(26)19(23)3/h5-16,18-19H,17H2,1-4H3;2*5-18H,1-4H3/q3*+1/i17D2;1D3,18D;18D. The highest BCUT2D eigenvalue weighted by Gasteiger charge is 2.26. The molecular formula is C91H80N3O3+3. The van der Waals surface area contributed by atoms with Crippen molar-refractivity contribution < 1.29 is 36.5 Å². The molecule has 0 aliphatic carbocycles. The monoisotopic (exact) mass is 1270 g/mol. The molecule has 1 unspecified atom stereocenters. The first-order valence-corrected chi connectivity index (χ1v) is 33.5. The SMILES string of the molecule is [2H]C(C)(C)c1ccc2c(-c3ccc4c(oc5c6ccccc6ccc45)c3C)[n+](C)ccc2c1.[2H]C([2H])([2H])C([2H])(C)c1ccc2c(-c3ccc4c(oc5c6ccccc6ccc45)c3C)[n+](C)ccc2c1.[2H]C([2H])(c1ccc2c(-c3ccc4c(oc5c6ccccc6ccc45)c3C)[n+](C)ccc2c1)C(C)C.